The van der Waals surface area contributed by atoms with Gasteiger partial charge in [-0.2, -0.15) is 0 Å². The first-order chi connectivity index (χ1) is 14.5. The summed E-state index contributed by atoms with van der Waals surface area (Å²) in [6, 6.07) is 17.6. The van der Waals surface area contributed by atoms with E-state index in [0.29, 0.717) is 16.3 Å². The molecule has 1 aromatic heterocycles. The number of amides is 2. The molecule has 0 saturated heterocycles. The van der Waals surface area contributed by atoms with Gasteiger partial charge in [0.05, 0.1) is 16.1 Å². The van der Waals surface area contributed by atoms with Gasteiger partial charge in [-0.25, -0.2) is 4.79 Å². The molecule has 0 radical (unpaired) electrons. The molecular formula is C23H22N2O4S. The second-order valence-electron chi connectivity index (χ2n) is 6.54. The van der Waals surface area contributed by atoms with Crippen molar-refractivity contribution in [2.75, 3.05) is 23.9 Å². The van der Waals surface area contributed by atoms with Crippen molar-refractivity contribution in [3.63, 3.8) is 0 Å². The molecule has 0 unspecified atom stereocenters. The molecule has 0 bridgehead atoms. The minimum Gasteiger partial charge on any atom is -0.452 e. The standard InChI is InChI=1S/C23H22N2O4S/c1-3-16-8-6-9-17(14-16)24-21(26)15-29-23(28)18-10-4-5-11-19(18)25(2)22(27)20-12-7-13-30-20/h4-14H,3,15H2,1-2H3,(H,24,26). The van der Waals surface area contributed by atoms with Crippen molar-refractivity contribution in [3.8, 4) is 0 Å². The van der Waals surface area contributed by atoms with Crippen LogP contribution in [0.3, 0.4) is 0 Å². The van der Waals surface area contributed by atoms with E-state index >= 15 is 0 Å². The quantitative estimate of drug-likeness (QED) is 0.573. The topological polar surface area (TPSA) is 75.7 Å². The number of hydrogen-bond acceptors (Lipinski definition) is 5. The van der Waals surface area contributed by atoms with Gasteiger partial charge in [0.1, 0.15) is 0 Å². The van der Waals surface area contributed by atoms with Gasteiger partial charge in [0.25, 0.3) is 11.8 Å². The van der Waals surface area contributed by atoms with E-state index in [0.717, 1.165) is 12.0 Å². The van der Waals surface area contributed by atoms with Crippen LogP contribution in [0.4, 0.5) is 11.4 Å². The van der Waals surface area contributed by atoms with Crippen LogP contribution in [0.1, 0.15) is 32.5 Å². The Morgan fingerprint density at radius 1 is 1.03 bits per heavy atom. The molecular weight excluding hydrogens is 400 g/mol. The zero-order valence-corrected chi connectivity index (χ0v) is 17.6. The fourth-order valence-corrected chi connectivity index (χ4v) is 3.59. The fraction of sp³-hybridized carbons (Fsp3) is 0.174. The summed E-state index contributed by atoms with van der Waals surface area (Å²) in [7, 11) is 1.60. The number of hydrogen-bond donors (Lipinski definition) is 1. The van der Waals surface area contributed by atoms with E-state index in [1.807, 2.05) is 30.5 Å². The predicted molar refractivity (Wildman–Crippen MR) is 118 cm³/mol. The molecule has 0 saturated carbocycles. The number of thiophene rings is 1. The lowest BCUT2D eigenvalue weighted by Gasteiger charge is -2.19. The summed E-state index contributed by atoms with van der Waals surface area (Å²) < 4.78 is 5.19. The molecule has 30 heavy (non-hydrogen) atoms. The molecule has 1 heterocycles. The van der Waals surface area contributed by atoms with Gasteiger partial charge in [0.15, 0.2) is 6.61 Å². The lowest BCUT2D eigenvalue weighted by Crippen LogP contribution is -2.28. The number of rotatable bonds is 7. The summed E-state index contributed by atoms with van der Waals surface area (Å²) in [5.41, 5.74) is 2.37. The zero-order chi connectivity index (χ0) is 21.5. The molecule has 0 aliphatic heterocycles. The molecule has 0 aliphatic carbocycles. The van der Waals surface area contributed by atoms with Crippen molar-refractivity contribution in [1.29, 1.82) is 0 Å². The zero-order valence-electron chi connectivity index (χ0n) is 16.8. The number of aryl methyl sites for hydroxylation is 1. The molecule has 0 fully saturated rings. The first-order valence-corrected chi connectivity index (χ1v) is 10.3. The van der Waals surface area contributed by atoms with Crippen LogP contribution >= 0.6 is 11.3 Å². The highest BCUT2D eigenvalue weighted by atomic mass is 32.1. The summed E-state index contributed by atoms with van der Waals surface area (Å²) in [6.45, 7) is 1.60. The number of carbonyl (C=O) groups is 3. The Labute approximate surface area is 179 Å². The van der Waals surface area contributed by atoms with E-state index in [4.69, 9.17) is 4.74 Å². The lowest BCUT2D eigenvalue weighted by atomic mass is 10.1. The largest absolute Gasteiger partial charge is 0.452 e. The molecule has 154 valence electrons. The number of ether oxygens (including phenoxy) is 1. The highest BCUT2D eigenvalue weighted by molar-refractivity contribution is 7.12. The van der Waals surface area contributed by atoms with Gasteiger partial charge >= 0.3 is 5.97 Å². The van der Waals surface area contributed by atoms with Gasteiger partial charge in [0.2, 0.25) is 0 Å². The molecule has 3 rings (SSSR count). The molecule has 7 heteroatoms. The second-order valence-corrected chi connectivity index (χ2v) is 7.48. The highest BCUT2D eigenvalue weighted by Crippen LogP contribution is 2.23. The van der Waals surface area contributed by atoms with E-state index in [2.05, 4.69) is 5.32 Å². The van der Waals surface area contributed by atoms with Gasteiger partial charge in [0, 0.05) is 12.7 Å². The van der Waals surface area contributed by atoms with Gasteiger partial charge in [-0.05, 0) is 47.7 Å². The lowest BCUT2D eigenvalue weighted by molar-refractivity contribution is -0.119. The highest BCUT2D eigenvalue weighted by Gasteiger charge is 2.21. The van der Waals surface area contributed by atoms with Gasteiger partial charge in [-0.3, -0.25) is 9.59 Å². The number of benzene rings is 2. The number of nitrogens with zero attached hydrogens (tertiary/aromatic N) is 1. The Morgan fingerprint density at radius 3 is 2.57 bits per heavy atom. The average Bonchev–Trinajstić information content (AvgIpc) is 3.31. The Morgan fingerprint density at radius 2 is 1.83 bits per heavy atom. The van der Waals surface area contributed by atoms with Crippen molar-refractivity contribution >= 4 is 40.5 Å². The third kappa shape index (κ3) is 5.12. The Kier molecular flexibility index (Phi) is 6.98. The molecule has 1 N–H and O–H groups in total. The smallest absolute Gasteiger partial charge is 0.340 e. The number of anilines is 2. The number of nitrogens with one attached hydrogen (secondary N) is 1. The van der Waals surface area contributed by atoms with Crippen molar-refractivity contribution in [2.45, 2.75) is 13.3 Å². The van der Waals surface area contributed by atoms with E-state index in [1.54, 1.807) is 49.5 Å². The van der Waals surface area contributed by atoms with Gasteiger partial charge in [-0.1, -0.05) is 37.3 Å². The predicted octanol–water partition coefficient (Wildman–Crippen LogP) is 4.38. The number of esters is 1. The van der Waals surface area contributed by atoms with Gasteiger partial charge in [-0.15, -0.1) is 11.3 Å². The molecule has 0 atom stereocenters. The van der Waals surface area contributed by atoms with Crippen molar-refractivity contribution in [3.05, 3.63) is 82.0 Å². The Balaban J connectivity index is 1.65. The summed E-state index contributed by atoms with van der Waals surface area (Å²) in [6.07, 6.45) is 0.854. The van der Waals surface area contributed by atoms with Crippen LogP contribution in [0.2, 0.25) is 0 Å². The summed E-state index contributed by atoms with van der Waals surface area (Å²) in [4.78, 5) is 39.4. The minimum atomic E-state index is -0.672. The fourth-order valence-electron chi connectivity index (χ4n) is 2.89. The minimum absolute atomic E-state index is 0.214. The first kappa shape index (κ1) is 21.3. The van der Waals surface area contributed by atoms with E-state index in [9.17, 15) is 14.4 Å². The maximum atomic E-state index is 12.6. The monoisotopic (exact) mass is 422 g/mol. The van der Waals surface area contributed by atoms with Crippen LogP contribution < -0.4 is 10.2 Å². The van der Waals surface area contributed by atoms with Crippen LogP contribution in [0.15, 0.2) is 66.0 Å². The average molecular weight is 423 g/mol. The third-order valence-electron chi connectivity index (χ3n) is 4.48. The van der Waals surface area contributed by atoms with Crippen molar-refractivity contribution in [2.24, 2.45) is 0 Å². The van der Waals surface area contributed by atoms with Crippen molar-refractivity contribution < 1.29 is 19.1 Å². The normalized spacial score (nSPS) is 10.3. The maximum Gasteiger partial charge on any atom is 0.340 e. The summed E-state index contributed by atoms with van der Waals surface area (Å²) >= 11 is 1.33. The number of carbonyl (C=O) groups excluding carboxylic acids is 3. The second kappa shape index (κ2) is 9.84. The van der Waals surface area contributed by atoms with E-state index < -0.39 is 18.5 Å². The summed E-state index contributed by atoms with van der Waals surface area (Å²) in [5, 5.41) is 4.53. The SMILES string of the molecule is CCc1cccc(NC(=O)COC(=O)c2ccccc2N(C)C(=O)c2cccs2)c1. The molecule has 6 nitrogen and oxygen atoms in total. The van der Waals surface area contributed by atoms with Crippen LogP contribution in [0.5, 0.6) is 0 Å². The summed E-state index contributed by atoms with van der Waals surface area (Å²) in [5.74, 6) is -1.33. The Hall–Kier alpha value is -3.45. The molecule has 0 spiro atoms. The van der Waals surface area contributed by atoms with Crippen LogP contribution in [0, 0.1) is 0 Å². The molecule has 2 amide bonds. The van der Waals surface area contributed by atoms with E-state index in [1.165, 1.54) is 16.2 Å². The third-order valence-corrected chi connectivity index (χ3v) is 5.33. The Bertz CT molecular complexity index is 1050. The van der Waals surface area contributed by atoms with Gasteiger partial charge < -0.3 is 15.0 Å². The van der Waals surface area contributed by atoms with Crippen molar-refractivity contribution in [1.82, 2.24) is 0 Å². The van der Waals surface area contributed by atoms with Crippen LogP contribution in [-0.4, -0.2) is 31.4 Å². The molecule has 0 aliphatic rings. The molecule has 2 aromatic carbocycles. The first-order valence-electron chi connectivity index (χ1n) is 9.46. The van der Waals surface area contributed by atoms with E-state index in [-0.39, 0.29) is 11.5 Å². The van der Waals surface area contributed by atoms with Crippen LogP contribution in [-0.2, 0) is 16.0 Å². The maximum absolute atomic E-state index is 12.6. The molecule has 3 aromatic rings. The number of para-hydroxylation sites is 1. The van der Waals surface area contributed by atoms with Crippen LogP contribution in [0.25, 0.3) is 0 Å².